The van der Waals surface area contributed by atoms with E-state index in [0.29, 0.717) is 0 Å². The van der Waals surface area contributed by atoms with E-state index in [1.54, 1.807) is 6.07 Å². The summed E-state index contributed by atoms with van der Waals surface area (Å²) in [5.41, 5.74) is -0.701. The summed E-state index contributed by atoms with van der Waals surface area (Å²) in [5.74, 6) is -0.269. The molecule has 74 valence electrons. The summed E-state index contributed by atoms with van der Waals surface area (Å²) in [6.45, 7) is 0. The molecule has 0 unspecified atom stereocenters. The highest BCUT2D eigenvalue weighted by Crippen LogP contribution is 2.33. The molecule has 0 atom stereocenters. The van der Waals surface area contributed by atoms with Gasteiger partial charge in [-0.05, 0) is 0 Å². The van der Waals surface area contributed by atoms with Gasteiger partial charge in [-0.3, -0.25) is 0 Å². The lowest BCUT2D eigenvalue weighted by Gasteiger charge is -2.08. The highest BCUT2D eigenvalue weighted by Gasteiger charge is 2.21. The number of pyridine rings is 1. The number of methoxy groups -OCH3 is 1. The van der Waals surface area contributed by atoms with Gasteiger partial charge in [-0.1, -0.05) is 11.6 Å². The van der Waals surface area contributed by atoms with Gasteiger partial charge in [0.05, 0.1) is 12.1 Å². The molecule has 14 heavy (non-hydrogen) atoms. The maximum absolute atomic E-state index is 12.4. The van der Waals surface area contributed by atoms with Crippen LogP contribution in [0.3, 0.4) is 0 Å². The number of rotatable bonds is 2. The Balaban J connectivity index is 3.42. The second-order valence-corrected chi connectivity index (χ2v) is 2.72. The highest BCUT2D eigenvalue weighted by atomic mass is 35.5. The number of alkyl halides is 2. The average Bonchev–Trinajstić information content (AvgIpc) is 2.16. The molecular weight excluding hydrogens is 214 g/mol. The fraction of sp³-hybridized carbons (Fsp3) is 0.250. The number of hydrogen-bond acceptors (Lipinski definition) is 3. The van der Waals surface area contributed by atoms with Crippen LogP contribution in [0.25, 0.3) is 0 Å². The summed E-state index contributed by atoms with van der Waals surface area (Å²) in [7, 11) is 1.18. The molecule has 0 bridgehead atoms. The van der Waals surface area contributed by atoms with Crippen LogP contribution >= 0.6 is 11.6 Å². The van der Waals surface area contributed by atoms with Crippen LogP contribution in [0.2, 0.25) is 5.02 Å². The molecule has 0 saturated carbocycles. The van der Waals surface area contributed by atoms with Gasteiger partial charge in [0.25, 0.3) is 6.43 Å². The Hall–Kier alpha value is -1.41. The molecular formula is C8H5ClF2N2O. The smallest absolute Gasteiger partial charge is 0.284 e. The first-order chi connectivity index (χ1) is 6.61. The van der Waals surface area contributed by atoms with E-state index < -0.39 is 12.1 Å². The fourth-order valence-electron chi connectivity index (χ4n) is 0.952. The van der Waals surface area contributed by atoms with Crippen molar-refractivity contribution in [1.82, 2.24) is 4.98 Å². The maximum Gasteiger partial charge on any atom is 0.284 e. The molecule has 1 aromatic heterocycles. The second-order valence-electron chi connectivity index (χ2n) is 2.31. The van der Waals surface area contributed by atoms with E-state index in [4.69, 9.17) is 16.9 Å². The summed E-state index contributed by atoms with van der Waals surface area (Å²) < 4.78 is 29.4. The number of aromatic nitrogens is 1. The van der Waals surface area contributed by atoms with Gasteiger partial charge in [-0.25, -0.2) is 13.8 Å². The number of halogens is 3. The van der Waals surface area contributed by atoms with Crippen LogP contribution in [0.5, 0.6) is 5.75 Å². The minimum atomic E-state index is -2.80. The molecule has 0 saturated heterocycles. The quantitative estimate of drug-likeness (QED) is 0.766. The van der Waals surface area contributed by atoms with Crippen molar-refractivity contribution in [2.45, 2.75) is 6.43 Å². The van der Waals surface area contributed by atoms with Gasteiger partial charge in [-0.2, -0.15) is 5.26 Å². The van der Waals surface area contributed by atoms with Crippen molar-refractivity contribution >= 4 is 11.6 Å². The third-order valence-corrected chi connectivity index (χ3v) is 1.82. The first-order valence-electron chi connectivity index (χ1n) is 3.52. The molecule has 0 spiro atoms. The Bertz CT molecular complexity index is 390. The van der Waals surface area contributed by atoms with Crippen molar-refractivity contribution in [2.75, 3.05) is 7.11 Å². The molecule has 0 N–H and O–H groups in total. The Morgan fingerprint density at radius 1 is 1.64 bits per heavy atom. The van der Waals surface area contributed by atoms with Gasteiger partial charge in [-0.15, -0.1) is 0 Å². The van der Waals surface area contributed by atoms with Crippen molar-refractivity contribution < 1.29 is 13.5 Å². The Morgan fingerprint density at radius 2 is 2.29 bits per heavy atom. The summed E-state index contributed by atoms with van der Waals surface area (Å²) >= 11 is 5.58. The molecule has 1 heterocycles. The van der Waals surface area contributed by atoms with E-state index in [9.17, 15) is 8.78 Å². The van der Waals surface area contributed by atoms with Crippen molar-refractivity contribution in [3.8, 4) is 11.8 Å². The molecule has 0 aliphatic rings. The lowest BCUT2D eigenvalue weighted by atomic mass is 10.2. The number of ether oxygens (including phenoxy) is 1. The van der Waals surface area contributed by atoms with Crippen LogP contribution in [0.15, 0.2) is 6.20 Å². The molecule has 0 aliphatic heterocycles. The van der Waals surface area contributed by atoms with E-state index in [2.05, 4.69) is 9.72 Å². The third kappa shape index (κ3) is 1.75. The average molecular weight is 219 g/mol. The van der Waals surface area contributed by atoms with Crippen LogP contribution in [-0.4, -0.2) is 12.1 Å². The number of nitrogens with zero attached hydrogens (tertiary/aromatic N) is 2. The molecule has 1 rings (SSSR count). The number of hydrogen-bond donors (Lipinski definition) is 0. The van der Waals surface area contributed by atoms with E-state index in [1.807, 2.05) is 0 Å². The fourth-order valence-corrected chi connectivity index (χ4v) is 1.13. The predicted octanol–water partition coefficient (Wildman–Crippen LogP) is 2.55. The lowest BCUT2D eigenvalue weighted by molar-refractivity contribution is 0.141. The Labute approximate surface area is 83.9 Å². The largest absolute Gasteiger partial charge is 0.493 e. The van der Waals surface area contributed by atoms with E-state index in [0.717, 1.165) is 6.20 Å². The van der Waals surface area contributed by atoms with Crippen LogP contribution < -0.4 is 4.74 Å². The highest BCUT2D eigenvalue weighted by molar-refractivity contribution is 6.31. The number of nitriles is 1. The van der Waals surface area contributed by atoms with Gasteiger partial charge < -0.3 is 4.74 Å². The first-order valence-corrected chi connectivity index (χ1v) is 3.90. The summed E-state index contributed by atoms with van der Waals surface area (Å²) in [4.78, 5) is 3.40. The topological polar surface area (TPSA) is 45.9 Å². The molecule has 3 nitrogen and oxygen atoms in total. The standard InChI is InChI=1S/C8H5ClF2N2O/c1-14-7-4(2-12)5(9)3-13-6(7)8(10)11/h3,8H,1H3. The zero-order chi connectivity index (χ0) is 10.7. The molecule has 1 aromatic rings. The van der Waals surface area contributed by atoms with E-state index >= 15 is 0 Å². The molecule has 6 heteroatoms. The molecule has 0 fully saturated rings. The summed E-state index contributed by atoms with van der Waals surface area (Å²) in [6.07, 6.45) is -1.79. The van der Waals surface area contributed by atoms with E-state index in [1.165, 1.54) is 7.11 Å². The van der Waals surface area contributed by atoms with Crippen molar-refractivity contribution in [3.63, 3.8) is 0 Å². The van der Waals surface area contributed by atoms with Crippen molar-refractivity contribution in [1.29, 1.82) is 5.26 Å². The first kappa shape index (κ1) is 10.7. The summed E-state index contributed by atoms with van der Waals surface area (Å²) in [6, 6.07) is 1.68. The lowest BCUT2D eigenvalue weighted by Crippen LogP contribution is -1.99. The second kappa shape index (κ2) is 4.20. The molecule has 0 aliphatic carbocycles. The molecule has 0 radical (unpaired) electrons. The van der Waals surface area contributed by atoms with E-state index in [-0.39, 0.29) is 16.3 Å². The Morgan fingerprint density at radius 3 is 2.71 bits per heavy atom. The Kier molecular flexibility index (Phi) is 3.20. The van der Waals surface area contributed by atoms with Gasteiger partial charge >= 0.3 is 0 Å². The van der Waals surface area contributed by atoms with Crippen LogP contribution in [-0.2, 0) is 0 Å². The van der Waals surface area contributed by atoms with Crippen LogP contribution in [0.1, 0.15) is 17.7 Å². The zero-order valence-electron chi connectivity index (χ0n) is 7.09. The van der Waals surface area contributed by atoms with Gasteiger partial charge in [0, 0.05) is 6.20 Å². The van der Waals surface area contributed by atoms with Crippen LogP contribution in [0.4, 0.5) is 8.78 Å². The van der Waals surface area contributed by atoms with Crippen molar-refractivity contribution in [3.05, 3.63) is 22.5 Å². The van der Waals surface area contributed by atoms with Gasteiger partial charge in [0.2, 0.25) is 0 Å². The molecule has 0 amide bonds. The molecule has 0 aromatic carbocycles. The van der Waals surface area contributed by atoms with Crippen LogP contribution in [0, 0.1) is 11.3 Å². The maximum atomic E-state index is 12.4. The zero-order valence-corrected chi connectivity index (χ0v) is 7.85. The monoisotopic (exact) mass is 218 g/mol. The normalized spacial score (nSPS) is 10.0. The van der Waals surface area contributed by atoms with Gasteiger partial charge in [0.1, 0.15) is 17.3 Å². The third-order valence-electron chi connectivity index (χ3n) is 1.54. The van der Waals surface area contributed by atoms with Gasteiger partial charge in [0.15, 0.2) is 5.75 Å². The van der Waals surface area contributed by atoms with Crippen molar-refractivity contribution in [2.24, 2.45) is 0 Å². The minimum absolute atomic E-state index is 0.00579. The SMILES string of the molecule is COc1c(C(F)F)ncc(Cl)c1C#N. The minimum Gasteiger partial charge on any atom is -0.493 e. The predicted molar refractivity (Wildman–Crippen MR) is 45.5 cm³/mol. The summed E-state index contributed by atoms with van der Waals surface area (Å²) in [5, 5.41) is 8.64.